The zero-order valence-corrected chi connectivity index (χ0v) is 10.3. The molecule has 0 atom stereocenters. The van der Waals surface area contributed by atoms with Crippen molar-refractivity contribution in [3.05, 3.63) is 65.0 Å². The highest BCUT2D eigenvalue weighted by Crippen LogP contribution is 2.12. The SMILES string of the molecule is C#Cc1ccc(CCc2cnccc2C(=O)O)cc1. The first-order valence-corrected chi connectivity index (χ1v) is 5.92. The number of aryl methyl sites for hydroxylation is 2. The van der Waals surface area contributed by atoms with Gasteiger partial charge in [-0.1, -0.05) is 18.1 Å². The minimum atomic E-state index is -0.917. The van der Waals surface area contributed by atoms with Gasteiger partial charge in [-0.15, -0.1) is 6.42 Å². The molecule has 3 nitrogen and oxygen atoms in total. The smallest absolute Gasteiger partial charge is 0.336 e. The van der Waals surface area contributed by atoms with E-state index >= 15 is 0 Å². The first-order valence-electron chi connectivity index (χ1n) is 5.92. The summed E-state index contributed by atoms with van der Waals surface area (Å²) in [6.07, 6.45) is 9.80. The van der Waals surface area contributed by atoms with Crippen molar-refractivity contribution in [1.82, 2.24) is 4.98 Å². The third kappa shape index (κ3) is 3.20. The molecule has 0 aliphatic heterocycles. The van der Waals surface area contributed by atoms with Crippen molar-refractivity contribution in [2.24, 2.45) is 0 Å². The molecular weight excluding hydrogens is 238 g/mol. The van der Waals surface area contributed by atoms with E-state index in [4.69, 9.17) is 11.5 Å². The van der Waals surface area contributed by atoms with Crippen LogP contribution in [0.3, 0.4) is 0 Å². The van der Waals surface area contributed by atoms with Crippen LogP contribution in [-0.4, -0.2) is 16.1 Å². The summed E-state index contributed by atoms with van der Waals surface area (Å²) in [5.74, 6) is 1.65. The molecule has 0 amide bonds. The van der Waals surface area contributed by atoms with Gasteiger partial charge in [0.25, 0.3) is 0 Å². The van der Waals surface area contributed by atoms with Gasteiger partial charge in [0, 0.05) is 18.0 Å². The molecule has 1 heterocycles. The van der Waals surface area contributed by atoms with Gasteiger partial charge in [-0.05, 0) is 42.2 Å². The maximum Gasteiger partial charge on any atom is 0.336 e. The number of terminal acetylenes is 1. The van der Waals surface area contributed by atoms with Crippen LogP contribution in [-0.2, 0) is 12.8 Å². The predicted octanol–water partition coefficient (Wildman–Crippen LogP) is 2.55. The number of nitrogens with zero attached hydrogens (tertiary/aromatic N) is 1. The lowest BCUT2D eigenvalue weighted by atomic mass is 10.0. The van der Waals surface area contributed by atoms with E-state index in [1.54, 1.807) is 6.20 Å². The first kappa shape index (κ1) is 12.8. The number of hydrogen-bond donors (Lipinski definition) is 1. The Morgan fingerprint density at radius 1 is 1.21 bits per heavy atom. The van der Waals surface area contributed by atoms with Crippen LogP contribution in [0.1, 0.15) is 27.0 Å². The fourth-order valence-electron chi connectivity index (χ4n) is 1.88. The van der Waals surface area contributed by atoms with E-state index in [1.807, 2.05) is 24.3 Å². The number of aromatic nitrogens is 1. The first-order chi connectivity index (χ1) is 9.20. The Labute approximate surface area is 111 Å². The molecule has 1 aromatic heterocycles. The van der Waals surface area contributed by atoms with Gasteiger partial charge >= 0.3 is 5.97 Å². The van der Waals surface area contributed by atoms with E-state index in [1.165, 1.54) is 12.3 Å². The molecular formula is C16H13NO2. The van der Waals surface area contributed by atoms with Crippen molar-refractivity contribution in [3.8, 4) is 12.3 Å². The predicted molar refractivity (Wildman–Crippen MR) is 73.0 cm³/mol. The summed E-state index contributed by atoms with van der Waals surface area (Å²) in [6, 6.07) is 9.23. The highest BCUT2D eigenvalue weighted by atomic mass is 16.4. The summed E-state index contributed by atoms with van der Waals surface area (Å²) in [5.41, 5.74) is 3.03. The maximum absolute atomic E-state index is 11.1. The van der Waals surface area contributed by atoms with Crippen LogP contribution in [0.2, 0.25) is 0 Å². The summed E-state index contributed by atoms with van der Waals surface area (Å²) in [5, 5.41) is 9.08. The Morgan fingerprint density at radius 2 is 1.95 bits per heavy atom. The molecule has 0 saturated heterocycles. The monoisotopic (exact) mass is 251 g/mol. The quantitative estimate of drug-likeness (QED) is 0.849. The van der Waals surface area contributed by atoms with Crippen molar-refractivity contribution >= 4 is 5.97 Å². The molecule has 0 unspecified atom stereocenters. The second kappa shape index (κ2) is 5.83. The Balaban J connectivity index is 2.10. The minimum absolute atomic E-state index is 0.315. The van der Waals surface area contributed by atoms with Crippen molar-refractivity contribution in [2.45, 2.75) is 12.8 Å². The van der Waals surface area contributed by atoms with Gasteiger partial charge in [-0.2, -0.15) is 0 Å². The molecule has 94 valence electrons. The lowest BCUT2D eigenvalue weighted by Gasteiger charge is -2.05. The van der Waals surface area contributed by atoms with Crippen LogP contribution in [0.15, 0.2) is 42.7 Å². The molecule has 0 saturated carbocycles. The largest absolute Gasteiger partial charge is 0.478 e. The van der Waals surface area contributed by atoms with Gasteiger partial charge in [0.05, 0.1) is 5.56 Å². The van der Waals surface area contributed by atoms with Crippen molar-refractivity contribution < 1.29 is 9.90 Å². The molecule has 0 bridgehead atoms. The fourth-order valence-corrected chi connectivity index (χ4v) is 1.88. The average molecular weight is 251 g/mol. The summed E-state index contributed by atoms with van der Waals surface area (Å²) in [7, 11) is 0. The molecule has 3 heteroatoms. The van der Waals surface area contributed by atoms with E-state index in [0.717, 1.165) is 23.1 Å². The van der Waals surface area contributed by atoms with Crippen molar-refractivity contribution in [1.29, 1.82) is 0 Å². The molecule has 0 spiro atoms. The number of aromatic carboxylic acids is 1. The summed E-state index contributed by atoms with van der Waals surface area (Å²) >= 11 is 0. The van der Waals surface area contributed by atoms with E-state index in [2.05, 4.69) is 10.9 Å². The van der Waals surface area contributed by atoms with Crippen LogP contribution in [0.4, 0.5) is 0 Å². The molecule has 0 aliphatic carbocycles. The topological polar surface area (TPSA) is 50.2 Å². The zero-order chi connectivity index (χ0) is 13.7. The number of benzene rings is 1. The van der Waals surface area contributed by atoms with E-state index < -0.39 is 5.97 Å². The number of carboxylic acids is 1. The van der Waals surface area contributed by atoms with E-state index in [0.29, 0.717) is 12.0 Å². The molecule has 2 rings (SSSR count). The van der Waals surface area contributed by atoms with Crippen LogP contribution >= 0.6 is 0 Å². The molecule has 0 aliphatic rings. The van der Waals surface area contributed by atoms with Crippen molar-refractivity contribution in [3.63, 3.8) is 0 Å². The van der Waals surface area contributed by atoms with Gasteiger partial charge < -0.3 is 5.11 Å². The van der Waals surface area contributed by atoms with E-state index in [9.17, 15) is 4.79 Å². The Kier molecular flexibility index (Phi) is 3.94. The standard InChI is InChI=1S/C16H13NO2/c1-2-12-3-5-13(6-4-12)7-8-14-11-17-10-9-15(14)16(18)19/h1,3-6,9-11H,7-8H2,(H,18,19). The number of carbonyl (C=O) groups is 1. The second-order valence-electron chi connectivity index (χ2n) is 4.18. The maximum atomic E-state index is 11.1. The van der Waals surface area contributed by atoms with Gasteiger partial charge in [-0.25, -0.2) is 4.79 Å². The van der Waals surface area contributed by atoms with Gasteiger partial charge in [0.15, 0.2) is 0 Å². The number of carboxylic acid groups (broad SMARTS) is 1. The van der Waals surface area contributed by atoms with Crippen LogP contribution in [0.5, 0.6) is 0 Å². The highest BCUT2D eigenvalue weighted by molar-refractivity contribution is 5.89. The fraction of sp³-hybridized carbons (Fsp3) is 0.125. The van der Waals surface area contributed by atoms with Gasteiger partial charge in [-0.3, -0.25) is 4.98 Å². The minimum Gasteiger partial charge on any atom is -0.478 e. The van der Waals surface area contributed by atoms with Gasteiger partial charge in [0.1, 0.15) is 0 Å². The van der Waals surface area contributed by atoms with Crippen LogP contribution in [0, 0.1) is 12.3 Å². The summed E-state index contributed by atoms with van der Waals surface area (Å²) in [4.78, 5) is 15.0. The second-order valence-corrected chi connectivity index (χ2v) is 4.18. The molecule has 1 N–H and O–H groups in total. The van der Waals surface area contributed by atoms with E-state index in [-0.39, 0.29) is 0 Å². The third-order valence-electron chi connectivity index (χ3n) is 2.94. The Hall–Kier alpha value is -2.60. The van der Waals surface area contributed by atoms with Crippen molar-refractivity contribution in [2.75, 3.05) is 0 Å². The summed E-state index contributed by atoms with van der Waals surface area (Å²) < 4.78 is 0. The van der Waals surface area contributed by atoms with Crippen LogP contribution < -0.4 is 0 Å². The normalized spacial score (nSPS) is 9.84. The lowest BCUT2D eigenvalue weighted by molar-refractivity contribution is 0.0695. The summed E-state index contributed by atoms with van der Waals surface area (Å²) in [6.45, 7) is 0. The molecule has 19 heavy (non-hydrogen) atoms. The zero-order valence-electron chi connectivity index (χ0n) is 10.3. The van der Waals surface area contributed by atoms with Crippen LogP contribution in [0.25, 0.3) is 0 Å². The number of pyridine rings is 1. The average Bonchev–Trinajstić information content (AvgIpc) is 2.46. The molecule has 0 fully saturated rings. The molecule has 1 aromatic carbocycles. The molecule has 2 aromatic rings. The Bertz CT molecular complexity index is 624. The Morgan fingerprint density at radius 3 is 2.58 bits per heavy atom. The highest BCUT2D eigenvalue weighted by Gasteiger charge is 2.09. The van der Waals surface area contributed by atoms with Gasteiger partial charge in [0.2, 0.25) is 0 Å². The molecule has 0 radical (unpaired) electrons. The lowest BCUT2D eigenvalue weighted by Crippen LogP contribution is -2.04. The third-order valence-corrected chi connectivity index (χ3v) is 2.94. The number of rotatable bonds is 4. The number of hydrogen-bond acceptors (Lipinski definition) is 2.